The maximum absolute atomic E-state index is 10.9. The highest BCUT2D eigenvalue weighted by molar-refractivity contribution is 6.45. The Morgan fingerprint density at radius 2 is 2.00 bits per heavy atom. The van der Waals surface area contributed by atoms with Crippen molar-refractivity contribution >= 4 is 25.3 Å². The first kappa shape index (κ1) is 10.1. The SMILES string of the molecule is [B]N=C(CC(C)=O)C(=O)CC. The predicted molar refractivity (Wildman–Crippen MR) is 43.8 cm³/mol. The quantitative estimate of drug-likeness (QED) is 0.433. The molecule has 2 radical (unpaired) electrons. The molecule has 3 nitrogen and oxygen atoms in total. The zero-order chi connectivity index (χ0) is 8.85. The minimum Gasteiger partial charge on any atom is -0.357 e. The lowest BCUT2D eigenvalue weighted by Gasteiger charge is -1.98. The summed E-state index contributed by atoms with van der Waals surface area (Å²) in [5.74, 6) is -0.265. The largest absolute Gasteiger partial charge is 0.357 e. The maximum atomic E-state index is 10.9. The van der Waals surface area contributed by atoms with Gasteiger partial charge in [-0.2, -0.15) is 0 Å². The van der Waals surface area contributed by atoms with Crippen LogP contribution < -0.4 is 0 Å². The van der Waals surface area contributed by atoms with E-state index in [4.69, 9.17) is 7.98 Å². The third kappa shape index (κ3) is 3.70. The minimum absolute atomic E-state index is 0.0448. The van der Waals surface area contributed by atoms with E-state index in [2.05, 4.69) is 4.90 Å². The van der Waals surface area contributed by atoms with Crippen molar-refractivity contribution in [2.24, 2.45) is 4.90 Å². The molecule has 11 heavy (non-hydrogen) atoms. The summed E-state index contributed by atoms with van der Waals surface area (Å²) in [6.45, 7) is 3.10. The molecule has 0 bridgehead atoms. The number of carbonyl (C=O) groups excluding carboxylic acids is 2. The van der Waals surface area contributed by atoms with Gasteiger partial charge in [0.1, 0.15) is 5.78 Å². The van der Waals surface area contributed by atoms with Crippen LogP contribution in [0.2, 0.25) is 0 Å². The molecule has 0 spiro atoms. The van der Waals surface area contributed by atoms with Crippen molar-refractivity contribution < 1.29 is 9.59 Å². The van der Waals surface area contributed by atoms with E-state index in [0.29, 0.717) is 6.42 Å². The molecule has 0 saturated heterocycles. The van der Waals surface area contributed by atoms with Crippen molar-refractivity contribution in [1.29, 1.82) is 0 Å². The number of Topliss-reactive ketones (excluding diaryl/α,β-unsaturated/α-hetero) is 2. The average Bonchev–Trinajstić information content (AvgIpc) is 1.98. The molecule has 0 unspecified atom stereocenters. The molecule has 0 N–H and O–H groups in total. The maximum Gasteiger partial charge on any atom is 0.260 e. The van der Waals surface area contributed by atoms with Gasteiger partial charge in [0.25, 0.3) is 7.98 Å². The van der Waals surface area contributed by atoms with Crippen LogP contribution in [0.5, 0.6) is 0 Å². The average molecular weight is 151 g/mol. The molecule has 0 heterocycles. The second kappa shape index (κ2) is 4.82. The van der Waals surface area contributed by atoms with E-state index >= 15 is 0 Å². The van der Waals surface area contributed by atoms with Gasteiger partial charge in [0.15, 0.2) is 5.78 Å². The van der Waals surface area contributed by atoms with E-state index in [1.165, 1.54) is 6.92 Å². The normalized spacial score (nSPS) is 11.3. The number of nitrogens with zero attached hydrogens (tertiary/aromatic N) is 1. The lowest BCUT2D eigenvalue weighted by Crippen LogP contribution is -2.16. The molecule has 0 aliphatic rings. The van der Waals surface area contributed by atoms with Gasteiger partial charge >= 0.3 is 0 Å². The first-order valence-electron chi connectivity index (χ1n) is 3.41. The standard InChI is InChI=1S/C7H10BNO2/c1-3-7(11)6(9-8)4-5(2)10/h3-4H2,1-2H3. The third-order valence-corrected chi connectivity index (χ3v) is 1.22. The molecule has 0 aromatic heterocycles. The van der Waals surface area contributed by atoms with Crippen molar-refractivity contribution in [3.8, 4) is 0 Å². The van der Waals surface area contributed by atoms with Gasteiger partial charge in [0.05, 0.1) is 12.1 Å². The molecule has 0 aliphatic carbocycles. The number of hydrogen-bond acceptors (Lipinski definition) is 3. The van der Waals surface area contributed by atoms with Crippen LogP contribution in [0.15, 0.2) is 4.90 Å². The van der Waals surface area contributed by atoms with Crippen LogP contribution in [0.1, 0.15) is 26.7 Å². The summed E-state index contributed by atoms with van der Waals surface area (Å²) in [4.78, 5) is 24.7. The molecule has 58 valence electrons. The van der Waals surface area contributed by atoms with Crippen molar-refractivity contribution in [2.45, 2.75) is 26.7 Å². The zero-order valence-corrected chi connectivity index (χ0v) is 6.76. The van der Waals surface area contributed by atoms with Crippen LogP contribution in [-0.2, 0) is 9.59 Å². The molecule has 0 fully saturated rings. The van der Waals surface area contributed by atoms with Gasteiger partial charge < -0.3 is 4.90 Å². The Labute approximate surface area is 67.3 Å². The molecule has 0 aliphatic heterocycles. The Morgan fingerprint density at radius 3 is 2.27 bits per heavy atom. The monoisotopic (exact) mass is 151 g/mol. The Hall–Kier alpha value is -0.925. The Balaban J connectivity index is 4.20. The molecular formula is C7H10BNO2. The third-order valence-electron chi connectivity index (χ3n) is 1.22. The van der Waals surface area contributed by atoms with Crippen LogP contribution in [0.25, 0.3) is 0 Å². The van der Waals surface area contributed by atoms with Crippen LogP contribution in [0.4, 0.5) is 0 Å². The highest BCUT2D eigenvalue weighted by Gasteiger charge is 2.08. The lowest BCUT2D eigenvalue weighted by atomic mass is 10.1. The second-order valence-corrected chi connectivity index (χ2v) is 2.23. The van der Waals surface area contributed by atoms with Crippen molar-refractivity contribution in [2.75, 3.05) is 0 Å². The fraction of sp³-hybridized carbons (Fsp3) is 0.571. The van der Waals surface area contributed by atoms with Crippen molar-refractivity contribution in [3.63, 3.8) is 0 Å². The summed E-state index contributed by atoms with van der Waals surface area (Å²) in [5.41, 5.74) is 0.167. The summed E-state index contributed by atoms with van der Waals surface area (Å²) < 4.78 is 0. The van der Waals surface area contributed by atoms with Crippen LogP contribution in [0.3, 0.4) is 0 Å². The smallest absolute Gasteiger partial charge is 0.260 e. The summed E-state index contributed by atoms with van der Waals surface area (Å²) in [6.07, 6.45) is 0.381. The summed E-state index contributed by atoms with van der Waals surface area (Å²) in [7, 11) is 4.91. The van der Waals surface area contributed by atoms with E-state index < -0.39 is 0 Å². The van der Waals surface area contributed by atoms with E-state index in [9.17, 15) is 9.59 Å². The van der Waals surface area contributed by atoms with Gasteiger partial charge in [-0.1, -0.05) is 6.92 Å². The Kier molecular flexibility index (Phi) is 4.42. The van der Waals surface area contributed by atoms with E-state index in [1.807, 2.05) is 0 Å². The summed E-state index contributed by atoms with van der Waals surface area (Å²) in [6, 6.07) is 0. The Bertz CT molecular complexity index is 199. The molecule has 0 amide bonds. The number of ketones is 2. The molecule has 0 atom stereocenters. The highest BCUT2D eigenvalue weighted by Crippen LogP contribution is 1.93. The second-order valence-electron chi connectivity index (χ2n) is 2.23. The lowest BCUT2D eigenvalue weighted by molar-refractivity contribution is -0.117. The molecular weight excluding hydrogens is 141 g/mol. The van der Waals surface area contributed by atoms with E-state index in [0.717, 1.165) is 0 Å². The van der Waals surface area contributed by atoms with Gasteiger partial charge in [-0.3, -0.25) is 9.59 Å². The number of rotatable bonds is 4. The van der Waals surface area contributed by atoms with Crippen molar-refractivity contribution in [1.82, 2.24) is 0 Å². The van der Waals surface area contributed by atoms with Crippen molar-refractivity contribution in [3.05, 3.63) is 0 Å². The van der Waals surface area contributed by atoms with Crippen LogP contribution in [0, 0.1) is 0 Å². The first-order valence-corrected chi connectivity index (χ1v) is 3.41. The summed E-state index contributed by atoms with van der Waals surface area (Å²) in [5, 5.41) is 0. The van der Waals surface area contributed by atoms with Gasteiger partial charge in [-0.15, -0.1) is 0 Å². The predicted octanol–water partition coefficient (Wildman–Crippen LogP) is 0.469. The first-order chi connectivity index (χ1) is 5.11. The molecule has 4 heteroatoms. The fourth-order valence-corrected chi connectivity index (χ4v) is 0.656. The minimum atomic E-state index is -0.164. The molecule has 0 aromatic rings. The molecule has 0 rings (SSSR count). The molecule has 0 aromatic carbocycles. The molecule has 0 saturated carbocycles. The fourth-order valence-electron chi connectivity index (χ4n) is 0.656. The number of hydrogen-bond donors (Lipinski definition) is 0. The van der Waals surface area contributed by atoms with Gasteiger partial charge in [0.2, 0.25) is 0 Å². The number of carbonyl (C=O) groups is 2. The zero-order valence-electron chi connectivity index (χ0n) is 6.76. The van der Waals surface area contributed by atoms with E-state index in [1.54, 1.807) is 6.92 Å². The van der Waals surface area contributed by atoms with Gasteiger partial charge in [-0.25, -0.2) is 0 Å². The highest BCUT2D eigenvalue weighted by atomic mass is 16.1. The van der Waals surface area contributed by atoms with Crippen LogP contribution in [-0.4, -0.2) is 25.3 Å². The summed E-state index contributed by atoms with van der Waals surface area (Å²) >= 11 is 0. The van der Waals surface area contributed by atoms with Gasteiger partial charge in [0, 0.05) is 6.42 Å². The topological polar surface area (TPSA) is 46.5 Å². The van der Waals surface area contributed by atoms with Gasteiger partial charge in [-0.05, 0) is 6.92 Å². The van der Waals surface area contributed by atoms with E-state index in [-0.39, 0.29) is 23.7 Å². The van der Waals surface area contributed by atoms with Crippen LogP contribution >= 0.6 is 0 Å². The Morgan fingerprint density at radius 1 is 1.45 bits per heavy atom.